The van der Waals surface area contributed by atoms with Gasteiger partial charge in [-0.15, -0.1) is 0 Å². The Bertz CT molecular complexity index is 935. The first-order valence-corrected chi connectivity index (χ1v) is 11.0. The number of ether oxygens (including phenoxy) is 1. The number of pyridine rings is 1. The van der Waals surface area contributed by atoms with Crippen molar-refractivity contribution in [3.8, 4) is 0 Å². The summed E-state index contributed by atoms with van der Waals surface area (Å²) >= 11 is 0. The van der Waals surface area contributed by atoms with E-state index in [1.165, 1.54) is 0 Å². The number of carbonyl (C=O) groups excluding carboxylic acids is 1. The van der Waals surface area contributed by atoms with E-state index in [9.17, 15) is 18.0 Å². The summed E-state index contributed by atoms with van der Waals surface area (Å²) in [7, 11) is 1.68. The minimum atomic E-state index is -4.51. The lowest BCUT2D eigenvalue weighted by Gasteiger charge is -2.36. The maximum Gasteiger partial charge on any atom is 0.417 e. The molecule has 0 N–H and O–H groups in total. The SMILES string of the molecule is CCc1cc(C(F)(F)F)c2c(C3CCN(C(=O)[C@H]4CCC[C@@H](OC)C4)CC3)noc2n1. The lowest BCUT2D eigenvalue weighted by molar-refractivity contribution is -0.139. The Hall–Kier alpha value is -2.16. The first-order chi connectivity index (χ1) is 14.8. The zero-order valence-corrected chi connectivity index (χ0v) is 17.9. The average Bonchev–Trinajstić information content (AvgIpc) is 3.21. The van der Waals surface area contributed by atoms with E-state index in [-0.39, 0.29) is 34.9 Å². The topological polar surface area (TPSA) is 68.5 Å². The summed E-state index contributed by atoms with van der Waals surface area (Å²) in [6.07, 6.45) is 0.669. The summed E-state index contributed by atoms with van der Waals surface area (Å²) in [6.45, 7) is 2.77. The standard InChI is InChI=1S/C22H28F3N3O3/c1-3-15-12-17(22(23,24)25)18-19(27-31-20(18)26-15)13-7-9-28(10-8-13)21(29)14-5-4-6-16(11-14)30-2/h12-14,16H,3-11H2,1-2H3/t14-,16+/m0/s1. The maximum atomic E-state index is 13.7. The Morgan fingerprint density at radius 1 is 1.26 bits per heavy atom. The molecule has 2 aromatic rings. The summed E-state index contributed by atoms with van der Waals surface area (Å²) in [5.41, 5.74) is -0.170. The number of halogens is 3. The summed E-state index contributed by atoms with van der Waals surface area (Å²) in [5, 5.41) is 3.95. The number of piperidine rings is 1. The van der Waals surface area contributed by atoms with Crippen molar-refractivity contribution in [1.29, 1.82) is 0 Å². The monoisotopic (exact) mass is 439 g/mol. The molecule has 2 atom stereocenters. The van der Waals surface area contributed by atoms with Gasteiger partial charge in [-0.05, 0) is 44.6 Å². The van der Waals surface area contributed by atoms with Gasteiger partial charge in [0.15, 0.2) is 0 Å². The normalized spacial score (nSPS) is 23.5. The second-order valence-electron chi connectivity index (χ2n) is 8.58. The van der Waals surface area contributed by atoms with Gasteiger partial charge in [-0.1, -0.05) is 18.5 Å². The van der Waals surface area contributed by atoms with E-state index in [1.54, 1.807) is 14.0 Å². The van der Waals surface area contributed by atoms with Gasteiger partial charge in [0.2, 0.25) is 5.91 Å². The molecule has 4 rings (SSSR count). The molecule has 1 saturated carbocycles. The molecule has 2 fully saturated rings. The molecule has 3 heterocycles. The van der Waals surface area contributed by atoms with E-state index < -0.39 is 11.7 Å². The summed E-state index contributed by atoms with van der Waals surface area (Å²) in [6, 6.07) is 1.09. The number of hydrogen-bond acceptors (Lipinski definition) is 5. The van der Waals surface area contributed by atoms with Crippen molar-refractivity contribution in [2.45, 2.75) is 70.1 Å². The van der Waals surface area contributed by atoms with Crippen LogP contribution in [0.3, 0.4) is 0 Å². The lowest BCUT2D eigenvalue weighted by Crippen LogP contribution is -2.43. The van der Waals surface area contributed by atoms with Crippen LogP contribution in [-0.2, 0) is 22.1 Å². The second-order valence-corrected chi connectivity index (χ2v) is 8.58. The predicted molar refractivity (Wildman–Crippen MR) is 107 cm³/mol. The van der Waals surface area contributed by atoms with Gasteiger partial charge in [0.05, 0.1) is 22.7 Å². The largest absolute Gasteiger partial charge is 0.417 e. The lowest BCUT2D eigenvalue weighted by atomic mass is 9.85. The van der Waals surface area contributed by atoms with Crippen LogP contribution in [0.2, 0.25) is 0 Å². The van der Waals surface area contributed by atoms with Gasteiger partial charge in [0.1, 0.15) is 0 Å². The average molecular weight is 439 g/mol. The molecule has 2 aliphatic rings. The molecule has 6 nitrogen and oxygen atoms in total. The number of hydrogen-bond donors (Lipinski definition) is 0. The molecule has 31 heavy (non-hydrogen) atoms. The molecule has 2 aromatic heterocycles. The van der Waals surface area contributed by atoms with Gasteiger partial charge in [-0.3, -0.25) is 4.79 Å². The number of methoxy groups -OCH3 is 1. The number of alkyl halides is 3. The molecule has 1 amide bonds. The van der Waals surface area contributed by atoms with Crippen LogP contribution in [0.1, 0.15) is 68.3 Å². The van der Waals surface area contributed by atoms with Crippen LogP contribution in [0.4, 0.5) is 13.2 Å². The smallest absolute Gasteiger partial charge is 0.381 e. The van der Waals surface area contributed by atoms with E-state index in [2.05, 4.69) is 10.1 Å². The van der Waals surface area contributed by atoms with E-state index in [0.717, 1.165) is 31.7 Å². The molecule has 170 valence electrons. The van der Waals surface area contributed by atoms with Gasteiger partial charge < -0.3 is 14.2 Å². The summed E-state index contributed by atoms with van der Waals surface area (Å²) < 4.78 is 51.9. The Labute approximate surface area is 179 Å². The number of nitrogens with zero attached hydrogens (tertiary/aromatic N) is 3. The number of fused-ring (bicyclic) bond motifs is 1. The molecular weight excluding hydrogens is 411 g/mol. The molecule has 0 radical (unpaired) electrons. The zero-order valence-electron chi connectivity index (χ0n) is 17.9. The van der Waals surface area contributed by atoms with Gasteiger partial charge >= 0.3 is 6.18 Å². The fourth-order valence-corrected chi connectivity index (χ4v) is 4.92. The highest BCUT2D eigenvalue weighted by atomic mass is 19.4. The number of aromatic nitrogens is 2. The molecule has 1 aliphatic heterocycles. The third-order valence-electron chi connectivity index (χ3n) is 6.70. The molecular formula is C22H28F3N3O3. The summed E-state index contributed by atoms with van der Waals surface area (Å²) in [5.74, 6) is -0.0918. The second kappa shape index (κ2) is 8.76. The maximum absolute atomic E-state index is 13.7. The quantitative estimate of drug-likeness (QED) is 0.690. The number of aryl methyl sites for hydroxylation is 1. The molecule has 0 spiro atoms. The Balaban J connectivity index is 1.51. The minimum Gasteiger partial charge on any atom is -0.381 e. The van der Waals surface area contributed by atoms with Crippen LogP contribution in [0.15, 0.2) is 10.6 Å². The number of rotatable bonds is 4. The number of likely N-dealkylation sites (tertiary alicyclic amines) is 1. The van der Waals surface area contributed by atoms with Crippen LogP contribution in [0, 0.1) is 5.92 Å². The van der Waals surface area contributed by atoms with Crippen LogP contribution in [0.5, 0.6) is 0 Å². The molecule has 1 saturated heterocycles. The molecule has 9 heteroatoms. The van der Waals surface area contributed by atoms with E-state index in [1.807, 2.05) is 4.90 Å². The van der Waals surface area contributed by atoms with Crippen LogP contribution >= 0.6 is 0 Å². The molecule has 0 unspecified atom stereocenters. The highest BCUT2D eigenvalue weighted by molar-refractivity contribution is 5.82. The van der Waals surface area contributed by atoms with Crippen molar-refractivity contribution >= 4 is 17.0 Å². The Morgan fingerprint density at radius 3 is 2.65 bits per heavy atom. The fourth-order valence-electron chi connectivity index (χ4n) is 4.92. The van der Waals surface area contributed by atoms with E-state index in [0.29, 0.717) is 43.7 Å². The first kappa shape index (κ1) is 22.0. The van der Waals surface area contributed by atoms with Gasteiger partial charge in [0.25, 0.3) is 5.71 Å². The van der Waals surface area contributed by atoms with Crippen molar-refractivity contribution in [3.05, 3.63) is 23.0 Å². The third-order valence-corrected chi connectivity index (χ3v) is 6.70. The third kappa shape index (κ3) is 4.42. The van der Waals surface area contributed by atoms with E-state index >= 15 is 0 Å². The van der Waals surface area contributed by atoms with Crippen molar-refractivity contribution in [2.24, 2.45) is 5.92 Å². The molecule has 0 aromatic carbocycles. The highest BCUT2D eigenvalue weighted by Crippen LogP contribution is 2.41. The van der Waals surface area contributed by atoms with Crippen LogP contribution < -0.4 is 0 Å². The van der Waals surface area contributed by atoms with Crippen molar-refractivity contribution in [2.75, 3.05) is 20.2 Å². The molecule has 1 aliphatic carbocycles. The summed E-state index contributed by atoms with van der Waals surface area (Å²) in [4.78, 5) is 19.0. The highest BCUT2D eigenvalue weighted by Gasteiger charge is 2.38. The number of amides is 1. The van der Waals surface area contributed by atoms with Crippen molar-refractivity contribution in [3.63, 3.8) is 0 Å². The van der Waals surface area contributed by atoms with Gasteiger partial charge in [-0.25, -0.2) is 4.98 Å². The van der Waals surface area contributed by atoms with Gasteiger partial charge in [-0.2, -0.15) is 13.2 Å². The minimum absolute atomic E-state index is 0.0309. The fraction of sp³-hybridized carbons (Fsp3) is 0.682. The van der Waals surface area contributed by atoms with Crippen LogP contribution in [0.25, 0.3) is 11.1 Å². The van der Waals surface area contributed by atoms with Crippen LogP contribution in [-0.4, -0.2) is 47.3 Å². The van der Waals surface area contributed by atoms with Crippen molar-refractivity contribution in [1.82, 2.24) is 15.0 Å². The predicted octanol–water partition coefficient (Wildman–Crippen LogP) is 4.72. The first-order valence-electron chi connectivity index (χ1n) is 11.0. The van der Waals surface area contributed by atoms with E-state index in [4.69, 9.17) is 9.26 Å². The van der Waals surface area contributed by atoms with Crippen molar-refractivity contribution < 1.29 is 27.2 Å². The Morgan fingerprint density at radius 2 is 2.00 bits per heavy atom. The Kier molecular flexibility index (Phi) is 6.23. The molecule has 0 bridgehead atoms. The zero-order chi connectivity index (χ0) is 22.2. The van der Waals surface area contributed by atoms with Gasteiger partial charge in [0, 0.05) is 37.7 Å². The number of carbonyl (C=O) groups is 1.